The molecule has 0 unspecified atom stereocenters. The van der Waals surface area contributed by atoms with Crippen LogP contribution >= 0.6 is 12.2 Å². The highest BCUT2D eigenvalue weighted by Gasteiger charge is 2.20. The van der Waals surface area contributed by atoms with Crippen LogP contribution in [0, 0.1) is 14.9 Å². The maximum absolute atomic E-state index is 10.9. The van der Waals surface area contributed by atoms with Crippen molar-refractivity contribution in [2.75, 3.05) is 7.11 Å². The highest BCUT2D eigenvalue weighted by Crippen LogP contribution is 2.35. The number of nitrogens with zero attached hydrogens (tertiary/aromatic N) is 3. The van der Waals surface area contributed by atoms with Gasteiger partial charge < -0.3 is 4.74 Å². The Hall–Kier alpha value is -2.22. The number of nitro benzene ring substituents is 1. The number of aromatic nitrogens is 3. The van der Waals surface area contributed by atoms with E-state index in [1.807, 2.05) is 0 Å². The van der Waals surface area contributed by atoms with E-state index in [1.54, 1.807) is 23.9 Å². The average molecular weight is 266 g/mol. The molecule has 1 N–H and O–H groups in total. The first-order chi connectivity index (χ1) is 8.54. The predicted molar refractivity (Wildman–Crippen MR) is 67.0 cm³/mol. The molecular formula is C10H10N4O3S. The number of hydrogen-bond donors (Lipinski definition) is 1. The lowest BCUT2D eigenvalue weighted by molar-refractivity contribution is -0.385. The van der Waals surface area contributed by atoms with Gasteiger partial charge in [0.15, 0.2) is 5.82 Å². The van der Waals surface area contributed by atoms with Crippen LogP contribution in [0.3, 0.4) is 0 Å². The van der Waals surface area contributed by atoms with E-state index in [0.717, 1.165) is 0 Å². The highest BCUT2D eigenvalue weighted by atomic mass is 32.1. The number of hydrogen-bond acceptors (Lipinski definition) is 5. The Morgan fingerprint density at radius 3 is 2.78 bits per heavy atom. The fourth-order valence-corrected chi connectivity index (χ4v) is 1.73. The van der Waals surface area contributed by atoms with Crippen molar-refractivity contribution in [3.8, 4) is 17.1 Å². The summed E-state index contributed by atoms with van der Waals surface area (Å²) in [5.41, 5.74) is 0.387. The molecule has 2 aromatic rings. The number of aryl methyl sites for hydroxylation is 1. The zero-order valence-electron chi connectivity index (χ0n) is 9.71. The van der Waals surface area contributed by atoms with Crippen LogP contribution in [-0.4, -0.2) is 26.8 Å². The Bertz CT molecular complexity index is 661. The maximum atomic E-state index is 10.9. The zero-order chi connectivity index (χ0) is 13.3. The molecule has 18 heavy (non-hydrogen) atoms. The van der Waals surface area contributed by atoms with Crippen molar-refractivity contribution in [3.63, 3.8) is 0 Å². The standard InChI is InChI=1S/C10H10N4O3S/c1-13-10(18)11-9(12-13)6-4-3-5-7(14(15)16)8(6)17-2/h3-5H,1-2H3,(H,11,12,18). The van der Waals surface area contributed by atoms with Crippen LogP contribution in [0.2, 0.25) is 0 Å². The Morgan fingerprint density at radius 2 is 2.28 bits per heavy atom. The summed E-state index contributed by atoms with van der Waals surface area (Å²) in [5, 5.41) is 13.8. The molecule has 0 saturated carbocycles. The molecule has 1 aromatic heterocycles. The third-order valence-corrected chi connectivity index (χ3v) is 2.78. The van der Waals surface area contributed by atoms with Crippen molar-refractivity contribution in [3.05, 3.63) is 33.1 Å². The van der Waals surface area contributed by atoms with Gasteiger partial charge in [0.2, 0.25) is 10.5 Å². The number of methoxy groups -OCH3 is 1. The lowest BCUT2D eigenvalue weighted by Gasteiger charge is -2.05. The van der Waals surface area contributed by atoms with Gasteiger partial charge in [-0.05, 0) is 18.3 Å². The summed E-state index contributed by atoms with van der Waals surface area (Å²) < 4.78 is 7.00. The van der Waals surface area contributed by atoms with Crippen LogP contribution in [-0.2, 0) is 7.05 Å². The third-order valence-electron chi connectivity index (χ3n) is 2.42. The SMILES string of the molecule is COc1c(-c2nc(=S)n(C)[nH]2)cccc1[N+](=O)[O-]. The Balaban J connectivity index is 2.67. The summed E-state index contributed by atoms with van der Waals surface area (Å²) in [7, 11) is 3.09. The van der Waals surface area contributed by atoms with E-state index in [9.17, 15) is 10.1 Å². The predicted octanol–water partition coefficient (Wildman–Crippen LogP) is 2.06. The zero-order valence-corrected chi connectivity index (χ0v) is 10.5. The molecule has 2 rings (SSSR count). The molecule has 0 bridgehead atoms. The van der Waals surface area contributed by atoms with Crippen LogP contribution in [0.15, 0.2) is 18.2 Å². The van der Waals surface area contributed by atoms with E-state index in [1.165, 1.54) is 13.2 Å². The van der Waals surface area contributed by atoms with E-state index in [4.69, 9.17) is 17.0 Å². The van der Waals surface area contributed by atoms with Crippen molar-refractivity contribution in [2.45, 2.75) is 0 Å². The number of aromatic amines is 1. The molecule has 0 amide bonds. The molecule has 0 atom stereocenters. The number of rotatable bonds is 3. The van der Waals surface area contributed by atoms with E-state index in [2.05, 4.69) is 10.1 Å². The van der Waals surface area contributed by atoms with Crippen LogP contribution in [0.1, 0.15) is 0 Å². The first-order valence-electron chi connectivity index (χ1n) is 4.99. The second kappa shape index (κ2) is 4.57. The smallest absolute Gasteiger partial charge is 0.311 e. The van der Waals surface area contributed by atoms with Crippen LogP contribution in [0.5, 0.6) is 5.75 Å². The van der Waals surface area contributed by atoms with Gasteiger partial charge >= 0.3 is 5.69 Å². The normalized spacial score (nSPS) is 10.3. The minimum atomic E-state index is -0.500. The summed E-state index contributed by atoms with van der Waals surface area (Å²) in [6.45, 7) is 0. The van der Waals surface area contributed by atoms with Crippen molar-refractivity contribution in [1.82, 2.24) is 14.8 Å². The molecular weight excluding hydrogens is 256 g/mol. The van der Waals surface area contributed by atoms with Gasteiger partial charge in [0.1, 0.15) is 0 Å². The minimum Gasteiger partial charge on any atom is -0.490 e. The molecule has 0 radical (unpaired) electrons. The summed E-state index contributed by atoms with van der Waals surface area (Å²) in [6.07, 6.45) is 0. The van der Waals surface area contributed by atoms with Gasteiger partial charge in [0.05, 0.1) is 17.6 Å². The quantitative estimate of drug-likeness (QED) is 0.522. The molecule has 0 aliphatic heterocycles. The molecule has 0 spiro atoms. The maximum Gasteiger partial charge on any atom is 0.311 e. The van der Waals surface area contributed by atoms with Crippen molar-refractivity contribution < 1.29 is 9.66 Å². The van der Waals surface area contributed by atoms with E-state index in [-0.39, 0.29) is 11.4 Å². The first kappa shape index (κ1) is 12.2. The van der Waals surface area contributed by atoms with Crippen molar-refractivity contribution in [2.24, 2.45) is 7.05 Å². The van der Waals surface area contributed by atoms with Gasteiger partial charge in [0.25, 0.3) is 0 Å². The van der Waals surface area contributed by atoms with Gasteiger partial charge in [-0.2, -0.15) is 4.98 Å². The van der Waals surface area contributed by atoms with Gasteiger partial charge in [-0.25, -0.2) is 0 Å². The molecule has 0 saturated heterocycles. The van der Waals surface area contributed by atoms with Crippen molar-refractivity contribution >= 4 is 17.9 Å². The van der Waals surface area contributed by atoms with Crippen LogP contribution < -0.4 is 4.74 Å². The molecule has 0 aliphatic carbocycles. The van der Waals surface area contributed by atoms with Crippen molar-refractivity contribution in [1.29, 1.82) is 0 Å². The van der Waals surface area contributed by atoms with Crippen LogP contribution in [0.25, 0.3) is 11.4 Å². The summed E-state index contributed by atoms with van der Waals surface area (Å²) in [6, 6.07) is 4.63. The Morgan fingerprint density at radius 1 is 1.56 bits per heavy atom. The number of H-pyrrole nitrogens is 1. The number of nitrogens with one attached hydrogen (secondary N) is 1. The number of ether oxygens (including phenoxy) is 1. The topological polar surface area (TPSA) is 86.0 Å². The second-order valence-corrected chi connectivity index (χ2v) is 3.89. The summed E-state index contributed by atoms with van der Waals surface area (Å²) >= 11 is 4.98. The molecule has 8 heteroatoms. The monoisotopic (exact) mass is 266 g/mol. The summed E-state index contributed by atoms with van der Waals surface area (Å²) in [4.78, 5) is 14.5. The molecule has 94 valence electrons. The number of nitro groups is 1. The molecule has 1 heterocycles. The second-order valence-electron chi connectivity index (χ2n) is 3.53. The van der Waals surface area contributed by atoms with Gasteiger partial charge in [-0.3, -0.25) is 19.9 Å². The van der Waals surface area contributed by atoms with E-state index in [0.29, 0.717) is 16.2 Å². The van der Waals surface area contributed by atoms with Gasteiger partial charge in [-0.15, -0.1) is 0 Å². The van der Waals surface area contributed by atoms with Gasteiger partial charge in [0, 0.05) is 13.1 Å². The molecule has 7 nitrogen and oxygen atoms in total. The largest absolute Gasteiger partial charge is 0.490 e. The Kier molecular flexibility index (Phi) is 3.11. The first-order valence-corrected chi connectivity index (χ1v) is 5.40. The average Bonchev–Trinajstić information content (AvgIpc) is 2.68. The number of para-hydroxylation sites is 1. The number of benzene rings is 1. The summed E-state index contributed by atoms with van der Waals surface area (Å²) in [5.74, 6) is 0.593. The fraction of sp³-hybridized carbons (Fsp3) is 0.200. The van der Waals surface area contributed by atoms with Crippen LogP contribution in [0.4, 0.5) is 5.69 Å². The lowest BCUT2D eigenvalue weighted by atomic mass is 10.1. The van der Waals surface area contributed by atoms with E-state index < -0.39 is 4.92 Å². The highest BCUT2D eigenvalue weighted by molar-refractivity contribution is 7.71. The molecule has 0 aliphatic rings. The minimum absolute atomic E-state index is 0.111. The molecule has 1 aromatic carbocycles. The third kappa shape index (κ3) is 1.97. The molecule has 0 fully saturated rings. The fourth-order valence-electron chi connectivity index (χ4n) is 1.59. The van der Waals surface area contributed by atoms with E-state index >= 15 is 0 Å². The lowest BCUT2D eigenvalue weighted by Crippen LogP contribution is -1.97. The Labute approximate surface area is 107 Å². The van der Waals surface area contributed by atoms with Gasteiger partial charge in [-0.1, -0.05) is 6.07 Å².